The average Bonchev–Trinajstić information content (AvgIpc) is 2.30. The zero-order chi connectivity index (χ0) is 12.2. The zero-order valence-electron chi connectivity index (χ0n) is 11.6. The van der Waals surface area contributed by atoms with Crippen molar-refractivity contribution in [2.45, 2.75) is 65.1 Å². The molecule has 96 valence electrons. The number of hydrogen-bond acceptors (Lipinski definition) is 2. The molecule has 0 aromatic heterocycles. The van der Waals surface area contributed by atoms with E-state index in [9.17, 15) is 0 Å². The Balaban J connectivity index is 3.78. The summed E-state index contributed by atoms with van der Waals surface area (Å²) >= 11 is -1.37. The van der Waals surface area contributed by atoms with E-state index in [0.29, 0.717) is 0 Å². The molecule has 0 bridgehead atoms. The van der Waals surface area contributed by atoms with Gasteiger partial charge in [0.2, 0.25) is 0 Å². The van der Waals surface area contributed by atoms with Crippen molar-refractivity contribution < 1.29 is 7.58 Å². The molecule has 0 aliphatic carbocycles. The first-order chi connectivity index (χ1) is 7.74. The average molecular weight is 244 g/mol. The van der Waals surface area contributed by atoms with Gasteiger partial charge in [0.15, 0.2) is 0 Å². The summed E-state index contributed by atoms with van der Waals surface area (Å²) in [5.74, 6) is 0.769. The van der Waals surface area contributed by atoms with Crippen LogP contribution in [0.5, 0.6) is 0 Å². The highest BCUT2D eigenvalue weighted by Gasteiger charge is 2.26. The lowest BCUT2D eigenvalue weighted by molar-refractivity contribution is 0.191. The van der Waals surface area contributed by atoms with Crippen LogP contribution in [-0.4, -0.2) is 28.0 Å². The number of unbranched alkanes of at least 4 members (excludes halogenated alkanes) is 1. The molecule has 0 aliphatic heterocycles. The predicted octanol–water partition coefficient (Wildman–Crippen LogP) is 4.15. The quantitative estimate of drug-likeness (QED) is 0.508. The third-order valence-electron chi connectivity index (χ3n) is 2.66. The molecule has 0 fully saturated rings. The van der Waals surface area contributed by atoms with Crippen molar-refractivity contribution in [3.05, 3.63) is 0 Å². The van der Waals surface area contributed by atoms with Crippen molar-refractivity contribution in [3.8, 4) is 0 Å². The first-order valence-corrected chi connectivity index (χ1v) is 8.73. The maximum absolute atomic E-state index is 5.86. The summed E-state index contributed by atoms with van der Waals surface area (Å²) in [4.78, 5) is 0. The molecule has 0 N–H and O–H groups in total. The van der Waals surface area contributed by atoms with E-state index in [2.05, 4.69) is 27.7 Å². The molecule has 3 heteroatoms. The van der Waals surface area contributed by atoms with Crippen LogP contribution in [0.2, 0.25) is 5.28 Å². The molecule has 0 aromatic carbocycles. The van der Waals surface area contributed by atoms with Crippen molar-refractivity contribution >= 4 is 14.8 Å². The van der Waals surface area contributed by atoms with E-state index in [1.54, 1.807) is 0 Å². The van der Waals surface area contributed by atoms with Gasteiger partial charge in [-0.05, 0) is 18.1 Å². The fourth-order valence-electron chi connectivity index (χ4n) is 1.68. The summed E-state index contributed by atoms with van der Waals surface area (Å²) in [6, 6.07) is 0. The molecule has 0 rings (SSSR count). The Hall–Kier alpha value is 0.452. The summed E-state index contributed by atoms with van der Waals surface area (Å²) in [5.41, 5.74) is 0. The van der Waals surface area contributed by atoms with Gasteiger partial charge in [0.25, 0.3) is 0 Å². The lowest BCUT2D eigenvalue weighted by Gasteiger charge is -2.16. The Morgan fingerprint density at radius 1 is 0.938 bits per heavy atom. The topological polar surface area (TPSA) is 18.5 Å². The second-order valence-electron chi connectivity index (χ2n) is 4.65. The van der Waals surface area contributed by atoms with E-state index in [-0.39, 0.29) is 0 Å². The molecule has 0 heterocycles. The van der Waals surface area contributed by atoms with Crippen molar-refractivity contribution in [2.75, 3.05) is 13.2 Å². The molecule has 0 spiro atoms. The van der Waals surface area contributed by atoms with E-state index >= 15 is 0 Å². The van der Waals surface area contributed by atoms with Crippen molar-refractivity contribution in [3.63, 3.8) is 0 Å². The molecular formula is C13H29AlO2. The maximum atomic E-state index is 5.86. The van der Waals surface area contributed by atoms with Crippen LogP contribution in [0.25, 0.3) is 0 Å². The van der Waals surface area contributed by atoms with Crippen LogP contribution in [0.3, 0.4) is 0 Å². The fourth-order valence-corrected chi connectivity index (χ4v) is 3.94. The summed E-state index contributed by atoms with van der Waals surface area (Å²) in [7, 11) is 0. The Labute approximate surface area is 107 Å². The lowest BCUT2D eigenvalue weighted by Crippen LogP contribution is -2.26. The van der Waals surface area contributed by atoms with Crippen LogP contribution in [0.15, 0.2) is 0 Å². The van der Waals surface area contributed by atoms with E-state index in [1.165, 1.54) is 24.5 Å². The van der Waals surface area contributed by atoms with E-state index in [1.807, 2.05) is 0 Å². The van der Waals surface area contributed by atoms with E-state index in [0.717, 1.165) is 32.0 Å². The van der Waals surface area contributed by atoms with Gasteiger partial charge in [-0.15, -0.1) is 0 Å². The number of rotatable bonds is 11. The normalized spacial score (nSPS) is 12.8. The van der Waals surface area contributed by atoms with Crippen molar-refractivity contribution in [2.24, 2.45) is 5.92 Å². The molecule has 0 aromatic rings. The van der Waals surface area contributed by atoms with Crippen LogP contribution in [0, 0.1) is 5.92 Å². The van der Waals surface area contributed by atoms with Gasteiger partial charge in [0.1, 0.15) is 0 Å². The molecule has 2 nitrogen and oxygen atoms in total. The van der Waals surface area contributed by atoms with Gasteiger partial charge < -0.3 is 7.58 Å². The van der Waals surface area contributed by atoms with Crippen LogP contribution in [-0.2, 0) is 7.58 Å². The van der Waals surface area contributed by atoms with Gasteiger partial charge in [-0.1, -0.05) is 52.9 Å². The molecule has 0 saturated carbocycles. The first-order valence-electron chi connectivity index (χ1n) is 6.97. The standard InChI is InChI=1S/C7H15.2C3H7O.Al/c1-4-5-6-7(2)3;2*1-2-3-4;/h7H,2,4-6H2,1,3H3;2*2-3H2,1H3;/q;2*-1;+2. The molecule has 0 aliphatic rings. The minimum atomic E-state index is -1.37. The Morgan fingerprint density at radius 2 is 1.50 bits per heavy atom. The molecule has 0 radical (unpaired) electrons. The molecular weight excluding hydrogens is 215 g/mol. The van der Waals surface area contributed by atoms with Crippen molar-refractivity contribution in [1.29, 1.82) is 0 Å². The van der Waals surface area contributed by atoms with Crippen LogP contribution < -0.4 is 0 Å². The summed E-state index contributed by atoms with van der Waals surface area (Å²) < 4.78 is 11.7. The highest BCUT2D eigenvalue weighted by Crippen LogP contribution is 2.16. The minimum absolute atomic E-state index is 0.769. The van der Waals surface area contributed by atoms with Gasteiger partial charge in [-0.3, -0.25) is 0 Å². The predicted molar refractivity (Wildman–Crippen MR) is 71.7 cm³/mol. The van der Waals surface area contributed by atoms with Crippen LogP contribution in [0.1, 0.15) is 59.8 Å². The largest absolute Gasteiger partial charge is 0.674 e. The summed E-state index contributed by atoms with van der Waals surface area (Å²) in [6.07, 6.45) is 6.15. The third-order valence-corrected chi connectivity index (χ3v) is 5.07. The molecule has 0 saturated heterocycles. The number of hydrogen-bond donors (Lipinski definition) is 0. The summed E-state index contributed by atoms with van der Waals surface area (Å²) in [5, 5.41) is 1.18. The monoisotopic (exact) mass is 244 g/mol. The molecule has 1 unspecified atom stereocenters. The molecule has 1 atom stereocenters. The van der Waals surface area contributed by atoms with Gasteiger partial charge in [0.05, 0.1) is 0 Å². The highest BCUT2D eigenvalue weighted by molar-refractivity contribution is 6.44. The fraction of sp³-hybridized carbons (Fsp3) is 1.00. The Kier molecular flexibility index (Phi) is 12.3. The maximum Gasteiger partial charge on any atom is 0.674 e. The zero-order valence-corrected chi connectivity index (χ0v) is 12.8. The van der Waals surface area contributed by atoms with Gasteiger partial charge in [0, 0.05) is 13.2 Å². The minimum Gasteiger partial charge on any atom is -0.478 e. The summed E-state index contributed by atoms with van der Waals surface area (Å²) in [6.45, 7) is 10.7. The van der Waals surface area contributed by atoms with Crippen molar-refractivity contribution in [1.82, 2.24) is 0 Å². The third kappa shape index (κ3) is 9.66. The van der Waals surface area contributed by atoms with Crippen LogP contribution >= 0.6 is 0 Å². The Morgan fingerprint density at radius 3 is 1.94 bits per heavy atom. The van der Waals surface area contributed by atoms with Gasteiger partial charge in [-0.25, -0.2) is 0 Å². The van der Waals surface area contributed by atoms with Gasteiger partial charge in [-0.2, -0.15) is 0 Å². The molecule has 16 heavy (non-hydrogen) atoms. The Bertz CT molecular complexity index is 134. The smallest absolute Gasteiger partial charge is 0.478 e. The van der Waals surface area contributed by atoms with Gasteiger partial charge >= 0.3 is 14.8 Å². The van der Waals surface area contributed by atoms with Crippen LogP contribution in [0.4, 0.5) is 0 Å². The molecule has 0 amide bonds. The first kappa shape index (κ1) is 16.5. The van der Waals surface area contributed by atoms with E-state index < -0.39 is 14.8 Å². The SMILES string of the molecule is CCCCC(C)[CH2][Al]([O]CCC)[O]CCC. The van der Waals surface area contributed by atoms with E-state index in [4.69, 9.17) is 7.58 Å². The second-order valence-corrected chi connectivity index (χ2v) is 6.65. The second kappa shape index (κ2) is 11.9. The lowest BCUT2D eigenvalue weighted by atomic mass is 10.1. The highest BCUT2D eigenvalue weighted by atomic mass is 27.2.